The Hall–Kier alpha value is -1.86. The van der Waals surface area contributed by atoms with Gasteiger partial charge in [0.05, 0.1) is 4.92 Å². The predicted octanol–water partition coefficient (Wildman–Crippen LogP) is 1.63. The van der Waals surface area contributed by atoms with Gasteiger partial charge in [-0.25, -0.2) is 0 Å². The zero-order valence-electron chi connectivity index (χ0n) is 10.2. The number of halogens is 1. The van der Waals surface area contributed by atoms with Crippen molar-refractivity contribution in [2.45, 2.75) is 12.8 Å². The van der Waals surface area contributed by atoms with Gasteiger partial charge in [0.25, 0.3) is 11.6 Å². The van der Waals surface area contributed by atoms with E-state index in [4.69, 9.17) is 17.5 Å². The van der Waals surface area contributed by atoms with Gasteiger partial charge in [-0.2, -0.15) is 0 Å². The highest BCUT2D eigenvalue weighted by Gasteiger charge is 2.16. The van der Waals surface area contributed by atoms with Crippen LogP contribution >= 0.6 is 11.8 Å². The Balaban J connectivity index is 2.86. The number of nitrogens with two attached hydrogens (primary N) is 1. The summed E-state index contributed by atoms with van der Waals surface area (Å²) in [5, 5.41) is 13.9. The molecule has 0 heterocycles. The average Bonchev–Trinajstić information content (AvgIpc) is 2.42. The maximum atomic E-state index is 11.3. The molecule has 0 aromatic heterocycles. The number of unbranched alkanes of at least 4 members (excludes halogenated alkanes) is 1. The fourth-order valence-corrected chi connectivity index (χ4v) is 1.63. The van der Waals surface area contributed by atoms with Crippen LogP contribution in [0.25, 0.3) is 0 Å². The zero-order chi connectivity index (χ0) is 14.3. The number of carbonyl (C=O) groups is 1. The molecular weight excluding hydrogens is 272 g/mol. The van der Waals surface area contributed by atoms with E-state index in [9.17, 15) is 14.9 Å². The summed E-state index contributed by atoms with van der Waals surface area (Å²) in [5.74, 6) is -0.584. The van der Waals surface area contributed by atoms with Crippen LogP contribution in [0.15, 0.2) is 18.2 Å². The van der Waals surface area contributed by atoms with Crippen LogP contribution < -0.4 is 15.9 Å². The summed E-state index contributed by atoms with van der Waals surface area (Å²) in [7, 11) is 0. The zero-order valence-corrected chi connectivity index (χ0v) is 10.9. The molecule has 0 saturated carbocycles. The Morgan fingerprint density at radius 1 is 1.42 bits per heavy atom. The summed E-state index contributed by atoms with van der Waals surface area (Å²) in [6.45, 7) is 1.16. The molecule has 0 radical (unpaired) electrons. The molecule has 8 heteroatoms. The molecule has 7 nitrogen and oxygen atoms in total. The van der Waals surface area contributed by atoms with Crippen molar-refractivity contribution >= 4 is 29.1 Å². The van der Waals surface area contributed by atoms with Crippen molar-refractivity contribution in [3.63, 3.8) is 0 Å². The van der Waals surface area contributed by atoms with E-state index < -0.39 is 10.8 Å². The van der Waals surface area contributed by atoms with Crippen LogP contribution in [0, 0.1) is 10.1 Å². The van der Waals surface area contributed by atoms with E-state index >= 15 is 0 Å². The fraction of sp³-hybridized carbons (Fsp3) is 0.364. The van der Waals surface area contributed by atoms with Gasteiger partial charge in [-0.05, 0) is 31.5 Å². The van der Waals surface area contributed by atoms with Crippen LogP contribution in [0.4, 0.5) is 11.4 Å². The lowest BCUT2D eigenvalue weighted by molar-refractivity contribution is -0.384. The Morgan fingerprint density at radius 2 is 2.16 bits per heavy atom. The average molecular weight is 287 g/mol. The Kier molecular flexibility index (Phi) is 6.04. The van der Waals surface area contributed by atoms with Crippen molar-refractivity contribution in [3.05, 3.63) is 33.9 Å². The number of nitrogens with one attached hydrogen (secondary N) is 2. The minimum Gasteiger partial charge on any atom is -0.379 e. The molecule has 0 bridgehead atoms. The molecule has 0 aliphatic heterocycles. The third-order valence-electron chi connectivity index (χ3n) is 2.49. The molecule has 1 aromatic rings. The Labute approximate surface area is 115 Å². The van der Waals surface area contributed by atoms with E-state index in [2.05, 4.69) is 5.32 Å². The van der Waals surface area contributed by atoms with Crippen molar-refractivity contribution in [2.75, 3.05) is 18.4 Å². The van der Waals surface area contributed by atoms with Crippen LogP contribution in [-0.2, 0) is 0 Å². The maximum absolute atomic E-state index is 11.3. The van der Waals surface area contributed by atoms with Crippen molar-refractivity contribution in [2.24, 2.45) is 5.73 Å². The molecule has 0 fully saturated rings. The number of carbonyl (C=O) groups excluding carboxylic acids is 1. The van der Waals surface area contributed by atoms with Gasteiger partial charge < -0.3 is 11.1 Å². The molecule has 0 aliphatic rings. The van der Waals surface area contributed by atoms with Gasteiger partial charge >= 0.3 is 0 Å². The van der Waals surface area contributed by atoms with Crippen molar-refractivity contribution in [1.82, 2.24) is 4.84 Å². The minimum absolute atomic E-state index is 0.134. The number of anilines is 1. The first kappa shape index (κ1) is 15.2. The largest absolute Gasteiger partial charge is 0.379 e. The molecular formula is C11H15ClN4O3. The van der Waals surface area contributed by atoms with E-state index in [1.165, 1.54) is 18.2 Å². The Bertz CT molecular complexity index is 467. The van der Waals surface area contributed by atoms with Crippen molar-refractivity contribution < 1.29 is 9.72 Å². The molecule has 0 saturated heterocycles. The molecule has 0 spiro atoms. The normalized spacial score (nSPS) is 10.0. The fourth-order valence-electron chi connectivity index (χ4n) is 1.52. The number of hydrogen-bond acceptors (Lipinski definition) is 5. The topological polar surface area (TPSA) is 110 Å². The van der Waals surface area contributed by atoms with Crippen molar-refractivity contribution in [1.29, 1.82) is 0 Å². The lowest BCUT2D eigenvalue weighted by atomic mass is 10.1. The molecule has 1 rings (SSSR count). The SMILES string of the molecule is NCCCCNc1ccc(C(=O)NCl)cc1[N+](=O)[O-]. The minimum atomic E-state index is -0.584. The second kappa shape index (κ2) is 7.55. The van der Waals surface area contributed by atoms with E-state index in [0.29, 0.717) is 18.8 Å². The second-order valence-electron chi connectivity index (χ2n) is 3.84. The van der Waals surface area contributed by atoms with Gasteiger partial charge in [0.1, 0.15) is 5.69 Å². The maximum Gasteiger partial charge on any atom is 0.293 e. The highest BCUT2D eigenvalue weighted by molar-refractivity contribution is 6.24. The number of rotatable bonds is 7. The molecule has 0 aliphatic carbocycles. The Morgan fingerprint density at radius 3 is 2.74 bits per heavy atom. The highest BCUT2D eigenvalue weighted by Crippen LogP contribution is 2.25. The molecule has 0 atom stereocenters. The molecule has 104 valence electrons. The third-order valence-corrected chi connectivity index (χ3v) is 2.66. The van der Waals surface area contributed by atoms with Gasteiger partial charge in [-0.1, -0.05) is 0 Å². The van der Waals surface area contributed by atoms with Crippen LogP contribution in [0.1, 0.15) is 23.2 Å². The van der Waals surface area contributed by atoms with Gasteiger partial charge in [-0.3, -0.25) is 19.7 Å². The monoisotopic (exact) mass is 286 g/mol. The smallest absolute Gasteiger partial charge is 0.293 e. The van der Waals surface area contributed by atoms with Crippen LogP contribution in [0.5, 0.6) is 0 Å². The summed E-state index contributed by atoms with van der Waals surface area (Å²) in [5.41, 5.74) is 5.70. The summed E-state index contributed by atoms with van der Waals surface area (Å²) < 4.78 is 0. The molecule has 0 unspecified atom stereocenters. The van der Waals surface area contributed by atoms with Crippen LogP contribution in [-0.4, -0.2) is 23.9 Å². The van der Waals surface area contributed by atoms with E-state index in [1.807, 2.05) is 4.84 Å². The molecule has 19 heavy (non-hydrogen) atoms. The van der Waals surface area contributed by atoms with Gasteiger partial charge in [0.2, 0.25) is 0 Å². The van der Waals surface area contributed by atoms with E-state index in [1.54, 1.807) is 0 Å². The lowest BCUT2D eigenvalue weighted by Gasteiger charge is -2.07. The third kappa shape index (κ3) is 4.38. The molecule has 1 amide bonds. The van der Waals surface area contributed by atoms with E-state index in [-0.39, 0.29) is 11.3 Å². The lowest BCUT2D eigenvalue weighted by Crippen LogP contribution is -2.13. The van der Waals surface area contributed by atoms with Crippen LogP contribution in [0.3, 0.4) is 0 Å². The van der Waals surface area contributed by atoms with Crippen LogP contribution in [0.2, 0.25) is 0 Å². The number of nitrogens with zero attached hydrogens (tertiary/aromatic N) is 1. The summed E-state index contributed by atoms with van der Waals surface area (Å²) >= 11 is 5.18. The number of amides is 1. The van der Waals surface area contributed by atoms with E-state index in [0.717, 1.165) is 12.8 Å². The highest BCUT2D eigenvalue weighted by atomic mass is 35.5. The van der Waals surface area contributed by atoms with Gasteiger partial charge in [0.15, 0.2) is 0 Å². The number of nitro groups is 1. The number of benzene rings is 1. The second-order valence-corrected chi connectivity index (χ2v) is 4.02. The van der Waals surface area contributed by atoms with Gasteiger partial charge in [0, 0.05) is 30.0 Å². The summed E-state index contributed by atoms with van der Waals surface area (Å²) in [6.07, 6.45) is 1.66. The molecule has 1 aromatic carbocycles. The quantitative estimate of drug-likeness (QED) is 0.305. The van der Waals surface area contributed by atoms with Crippen molar-refractivity contribution in [3.8, 4) is 0 Å². The first-order valence-electron chi connectivity index (χ1n) is 5.73. The predicted molar refractivity (Wildman–Crippen MR) is 73.2 cm³/mol. The summed E-state index contributed by atoms with van der Waals surface area (Å²) in [6, 6.07) is 4.14. The number of hydrogen-bond donors (Lipinski definition) is 3. The standard InChI is InChI=1S/C11H15ClN4O3/c12-15-11(17)8-3-4-9(10(7-8)16(18)19)14-6-2-1-5-13/h3-4,7,14H,1-2,5-6,13H2,(H,15,17). The first-order chi connectivity index (χ1) is 9.10. The van der Waals surface area contributed by atoms with Gasteiger partial charge in [-0.15, -0.1) is 0 Å². The molecule has 4 N–H and O–H groups in total. The number of nitro benzene ring substituents is 1. The first-order valence-corrected chi connectivity index (χ1v) is 6.11. The summed E-state index contributed by atoms with van der Waals surface area (Å²) in [4.78, 5) is 23.6.